The first-order valence-electron chi connectivity index (χ1n) is 4.38. The zero-order valence-electron chi connectivity index (χ0n) is 8.14. The van der Waals surface area contributed by atoms with E-state index in [0.717, 1.165) is 0 Å². The van der Waals surface area contributed by atoms with Crippen molar-refractivity contribution in [1.82, 2.24) is 0 Å². The van der Waals surface area contributed by atoms with E-state index in [9.17, 15) is 19.3 Å². The van der Waals surface area contributed by atoms with E-state index in [-0.39, 0.29) is 23.5 Å². The molecule has 5 heteroatoms. The summed E-state index contributed by atoms with van der Waals surface area (Å²) in [5.74, 6) is -0.249. The smallest absolute Gasteiger partial charge is 0.269 e. The molecule has 1 aromatic rings. The summed E-state index contributed by atoms with van der Waals surface area (Å²) < 4.78 is 13.3. The van der Waals surface area contributed by atoms with Gasteiger partial charge in [0.25, 0.3) is 5.69 Å². The Bertz CT molecular complexity index is 375. The predicted molar refractivity (Wildman–Crippen MR) is 52.2 cm³/mol. The van der Waals surface area contributed by atoms with Crippen molar-refractivity contribution in [3.05, 3.63) is 39.9 Å². The van der Waals surface area contributed by atoms with E-state index in [1.54, 1.807) is 0 Å². The van der Waals surface area contributed by atoms with Crippen molar-refractivity contribution in [2.45, 2.75) is 19.5 Å². The lowest BCUT2D eigenvalue weighted by Gasteiger charge is -2.05. The highest BCUT2D eigenvalue weighted by atomic mass is 19.1. The van der Waals surface area contributed by atoms with E-state index in [0.29, 0.717) is 0 Å². The van der Waals surface area contributed by atoms with Gasteiger partial charge in [-0.25, -0.2) is 4.39 Å². The summed E-state index contributed by atoms with van der Waals surface area (Å²) in [6, 6.07) is 5.10. The number of carbonyl (C=O) groups is 1. The van der Waals surface area contributed by atoms with Gasteiger partial charge in [0.05, 0.1) is 4.92 Å². The number of non-ortho nitro benzene ring substituents is 1. The van der Waals surface area contributed by atoms with Crippen LogP contribution in [0.4, 0.5) is 10.1 Å². The molecule has 4 nitrogen and oxygen atoms in total. The fraction of sp³-hybridized carbons (Fsp3) is 0.300. The minimum absolute atomic E-state index is 0.0891. The SMILES string of the molecule is CC(=O)C[C@H](F)c1ccc([N+](=O)[O-])cc1. The van der Waals surface area contributed by atoms with Crippen LogP contribution in [0.5, 0.6) is 0 Å². The Kier molecular flexibility index (Phi) is 3.49. The maximum Gasteiger partial charge on any atom is 0.269 e. The van der Waals surface area contributed by atoms with E-state index in [2.05, 4.69) is 0 Å². The second kappa shape index (κ2) is 4.63. The Hall–Kier alpha value is -1.78. The van der Waals surface area contributed by atoms with Crippen molar-refractivity contribution in [3.8, 4) is 0 Å². The molecule has 0 spiro atoms. The molecule has 1 aromatic carbocycles. The Morgan fingerprint density at radius 3 is 2.40 bits per heavy atom. The zero-order valence-corrected chi connectivity index (χ0v) is 8.14. The molecule has 80 valence electrons. The number of halogens is 1. The number of alkyl halides is 1. The minimum atomic E-state index is -1.39. The number of hydrogen-bond acceptors (Lipinski definition) is 3. The number of nitrogens with zero attached hydrogens (tertiary/aromatic N) is 1. The summed E-state index contributed by atoms with van der Waals surface area (Å²) in [4.78, 5) is 20.4. The molecule has 0 heterocycles. The Morgan fingerprint density at radius 2 is 2.00 bits per heavy atom. The molecular weight excluding hydrogens is 201 g/mol. The molecule has 0 aliphatic heterocycles. The fourth-order valence-electron chi connectivity index (χ4n) is 1.18. The highest BCUT2D eigenvalue weighted by Gasteiger charge is 2.13. The third kappa shape index (κ3) is 3.12. The Morgan fingerprint density at radius 1 is 1.47 bits per heavy atom. The normalized spacial score (nSPS) is 12.1. The summed E-state index contributed by atoms with van der Waals surface area (Å²) in [5, 5.41) is 10.3. The standard InChI is InChI=1S/C10H10FNO3/c1-7(13)6-10(11)8-2-4-9(5-3-8)12(14)15/h2-5,10H,6H2,1H3/t10-/m0/s1. The second-order valence-electron chi connectivity index (χ2n) is 3.22. The van der Waals surface area contributed by atoms with Gasteiger partial charge in [0.1, 0.15) is 12.0 Å². The Labute approximate surface area is 85.9 Å². The first-order chi connectivity index (χ1) is 7.00. The largest absolute Gasteiger partial charge is 0.300 e. The fourth-order valence-corrected chi connectivity index (χ4v) is 1.18. The average Bonchev–Trinajstić information content (AvgIpc) is 2.17. The van der Waals surface area contributed by atoms with Gasteiger partial charge in [0.15, 0.2) is 0 Å². The molecule has 0 N–H and O–H groups in total. The summed E-state index contributed by atoms with van der Waals surface area (Å²) in [7, 11) is 0. The van der Waals surface area contributed by atoms with Crippen LogP contribution in [0.2, 0.25) is 0 Å². The lowest BCUT2D eigenvalue weighted by Crippen LogP contribution is -1.99. The van der Waals surface area contributed by atoms with Gasteiger partial charge in [-0.1, -0.05) is 0 Å². The Balaban J connectivity index is 2.79. The molecule has 1 rings (SSSR count). The van der Waals surface area contributed by atoms with E-state index in [1.165, 1.54) is 31.2 Å². The van der Waals surface area contributed by atoms with Crippen molar-refractivity contribution in [1.29, 1.82) is 0 Å². The summed E-state index contributed by atoms with van der Waals surface area (Å²) in [6.07, 6.45) is -1.58. The lowest BCUT2D eigenvalue weighted by atomic mass is 10.1. The lowest BCUT2D eigenvalue weighted by molar-refractivity contribution is -0.384. The van der Waals surface area contributed by atoms with E-state index in [4.69, 9.17) is 0 Å². The molecule has 0 saturated carbocycles. The molecule has 0 amide bonds. The molecule has 0 aliphatic carbocycles. The predicted octanol–water partition coefficient (Wildman–Crippen LogP) is 2.58. The molecule has 0 unspecified atom stereocenters. The molecule has 0 fully saturated rings. The van der Waals surface area contributed by atoms with Crippen LogP contribution in [0.3, 0.4) is 0 Å². The maximum atomic E-state index is 13.3. The van der Waals surface area contributed by atoms with Crippen LogP contribution >= 0.6 is 0 Å². The molecule has 0 radical (unpaired) electrons. The van der Waals surface area contributed by atoms with Gasteiger partial charge in [-0.3, -0.25) is 14.9 Å². The van der Waals surface area contributed by atoms with Crippen molar-refractivity contribution in [3.63, 3.8) is 0 Å². The molecule has 15 heavy (non-hydrogen) atoms. The minimum Gasteiger partial charge on any atom is -0.300 e. The number of ketones is 1. The third-order valence-corrected chi connectivity index (χ3v) is 1.93. The van der Waals surface area contributed by atoms with Crippen molar-refractivity contribution < 1.29 is 14.1 Å². The van der Waals surface area contributed by atoms with Gasteiger partial charge in [0, 0.05) is 18.6 Å². The van der Waals surface area contributed by atoms with Crippen LogP contribution in [0, 0.1) is 10.1 Å². The summed E-state index contributed by atoms with van der Waals surface area (Å²) in [5.41, 5.74) is 0.199. The van der Waals surface area contributed by atoms with Crippen LogP contribution in [0.1, 0.15) is 25.1 Å². The molecule has 0 aromatic heterocycles. The topological polar surface area (TPSA) is 60.2 Å². The molecule has 0 saturated heterocycles. The van der Waals surface area contributed by atoms with Crippen LogP contribution in [-0.4, -0.2) is 10.7 Å². The number of benzene rings is 1. The average molecular weight is 211 g/mol. The molecule has 1 atom stereocenters. The number of carbonyl (C=O) groups excluding carboxylic acids is 1. The maximum absolute atomic E-state index is 13.3. The first-order valence-corrected chi connectivity index (χ1v) is 4.38. The number of rotatable bonds is 4. The molecular formula is C10H10FNO3. The number of Topliss-reactive ketones (excluding diaryl/α,β-unsaturated/α-hetero) is 1. The van der Waals surface area contributed by atoms with E-state index >= 15 is 0 Å². The monoisotopic (exact) mass is 211 g/mol. The van der Waals surface area contributed by atoms with Crippen LogP contribution in [-0.2, 0) is 4.79 Å². The summed E-state index contributed by atoms with van der Waals surface area (Å²) in [6.45, 7) is 1.30. The third-order valence-electron chi connectivity index (χ3n) is 1.93. The highest BCUT2D eigenvalue weighted by molar-refractivity contribution is 5.76. The van der Waals surface area contributed by atoms with Crippen LogP contribution in [0.25, 0.3) is 0 Å². The zero-order chi connectivity index (χ0) is 11.4. The molecule has 0 bridgehead atoms. The molecule has 0 aliphatic rings. The van der Waals surface area contributed by atoms with Gasteiger partial charge in [0.2, 0.25) is 0 Å². The van der Waals surface area contributed by atoms with Crippen LogP contribution in [0.15, 0.2) is 24.3 Å². The number of nitro benzene ring substituents is 1. The van der Waals surface area contributed by atoms with Gasteiger partial charge >= 0.3 is 0 Å². The number of hydrogen-bond donors (Lipinski definition) is 0. The first kappa shape index (κ1) is 11.3. The highest BCUT2D eigenvalue weighted by Crippen LogP contribution is 2.23. The van der Waals surface area contributed by atoms with Crippen LogP contribution < -0.4 is 0 Å². The van der Waals surface area contributed by atoms with Gasteiger partial charge < -0.3 is 0 Å². The van der Waals surface area contributed by atoms with E-state index < -0.39 is 11.1 Å². The van der Waals surface area contributed by atoms with Crippen molar-refractivity contribution in [2.75, 3.05) is 0 Å². The summed E-state index contributed by atoms with van der Waals surface area (Å²) >= 11 is 0. The quantitative estimate of drug-likeness (QED) is 0.568. The van der Waals surface area contributed by atoms with E-state index in [1.807, 2.05) is 0 Å². The van der Waals surface area contributed by atoms with Gasteiger partial charge in [-0.05, 0) is 24.6 Å². The second-order valence-corrected chi connectivity index (χ2v) is 3.22. The van der Waals surface area contributed by atoms with Gasteiger partial charge in [-0.15, -0.1) is 0 Å². The van der Waals surface area contributed by atoms with Crippen molar-refractivity contribution in [2.24, 2.45) is 0 Å². The number of nitro groups is 1. The van der Waals surface area contributed by atoms with Gasteiger partial charge in [-0.2, -0.15) is 0 Å². The van der Waals surface area contributed by atoms with Crippen molar-refractivity contribution >= 4 is 11.5 Å².